The Kier molecular flexibility index (Phi) is 7.63. The van der Waals surface area contributed by atoms with Gasteiger partial charge in [0.2, 0.25) is 5.91 Å². The van der Waals surface area contributed by atoms with E-state index in [9.17, 15) is 9.59 Å². The first-order chi connectivity index (χ1) is 10.1. The molecule has 0 saturated carbocycles. The number of hydrogen-bond acceptors (Lipinski definition) is 5. The molecule has 7 heteroatoms. The maximum absolute atomic E-state index is 11.9. The fourth-order valence-electron chi connectivity index (χ4n) is 1.50. The van der Waals surface area contributed by atoms with E-state index in [-0.39, 0.29) is 18.4 Å². The van der Waals surface area contributed by atoms with E-state index in [1.165, 1.54) is 7.05 Å². The van der Waals surface area contributed by atoms with Gasteiger partial charge in [0.15, 0.2) is 6.61 Å². The Labute approximate surface area is 128 Å². The maximum Gasteiger partial charge on any atom is 0.257 e. The number of rotatable bonds is 8. The Morgan fingerprint density at radius 3 is 2.86 bits per heavy atom. The van der Waals surface area contributed by atoms with E-state index in [2.05, 4.69) is 10.6 Å². The number of hydrogen-bond donors (Lipinski definition) is 3. The van der Waals surface area contributed by atoms with Crippen molar-refractivity contribution in [2.24, 2.45) is 5.73 Å². The predicted molar refractivity (Wildman–Crippen MR) is 85.6 cm³/mol. The summed E-state index contributed by atoms with van der Waals surface area (Å²) < 4.78 is 5.31. The highest BCUT2D eigenvalue weighted by Crippen LogP contribution is 2.17. The molecule has 6 nitrogen and oxygen atoms in total. The molecule has 0 unspecified atom stereocenters. The molecule has 2 amide bonds. The lowest BCUT2D eigenvalue weighted by molar-refractivity contribution is -0.122. The maximum atomic E-state index is 11.9. The molecule has 0 spiro atoms. The molecule has 0 heterocycles. The molecule has 4 N–H and O–H groups in total. The number of nitrogens with one attached hydrogen (secondary N) is 2. The largest absolute Gasteiger partial charge is 0.484 e. The summed E-state index contributed by atoms with van der Waals surface area (Å²) in [6, 6.07) is 6.32. The van der Waals surface area contributed by atoms with E-state index in [1.807, 2.05) is 6.26 Å². The lowest BCUT2D eigenvalue weighted by Gasteiger charge is -2.12. The van der Waals surface area contributed by atoms with Crippen molar-refractivity contribution >= 4 is 29.3 Å². The number of benzene rings is 1. The molecule has 0 aliphatic rings. The zero-order chi connectivity index (χ0) is 15.7. The number of anilines is 1. The van der Waals surface area contributed by atoms with E-state index in [0.717, 1.165) is 5.75 Å². The van der Waals surface area contributed by atoms with Crippen molar-refractivity contribution in [2.45, 2.75) is 12.5 Å². The van der Waals surface area contributed by atoms with Gasteiger partial charge < -0.3 is 21.1 Å². The van der Waals surface area contributed by atoms with Crippen LogP contribution >= 0.6 is 11.8 Å². The molecule has 0 aromatic heterocycles. The SMILES string of the molecule is CNC(=O)COc1cccc(NC(=O)[C@@H](N)CCSC)c1. The summed E-state index contributed by atoms with van der Waals surface area (Å²) in [7, 11) is 1.54. The highest BCUT2D eigenvalue weighted by molar-refractivity contribution is 7.98. The van der Waals surface area contributed by atoms with Crippen molar-refractivity contribution in [3.63, 3.8) is 0 Å². The van der Waals surface area contributed by atoms with Crippen LogP contribution in [0.1, 0.15) is 6.42 Å². The molecule has 1 aromatic carbocycles. The first-order valence-electron chi connectivity index (χ1n) is 6.55. The van der Waals surface area contributed by atoms with Gasteiger partial charge in [0, 0.05) is 18.8 Å². The van der Waals surface area contributed by atoms with E-state index in [0.29, 0.717) is 17.9 Å². The van der Waals surface area contributed by atoms with Crippen LogP contribution in [0.15, 0.2) is 24.3 Å². The fraction of sp³-hybridized carbons (Fsp3) is 0.429. The lowest BCUT2D eigenvalue weighted by atomic mass is 10.2. The topological polar surface area (TPSA) is 93.5 Å². The van der Waals surface area contributed by atoms with Crippen LogP contribution in [0.5, 0.6) is 5.75 Å². The van der Waals surface area contributed by atoms with Gasteiger partial charge in [0.05, 0.1) is 6.04 Å². The first-order valence-corrected chi connectivity index (χ1v) is 7.95. The molecule has 21 heavy (non-hydrogen) atoms. The Bertz CT molecular complexity index is 482. The van der Waals surface area contributed by atoms with E-state index < -0.39 is 6.04 Å². The molecule has 0 aliphatic heterocycles. The molecule has 0 radical (unpaired) electrons. The van der Waals surface area contributed by atoms with Crippen LogP contribution in [0, 0.1) is 0 Å². The summed E-state index contributed by atoms with van der Waals surface area (Å²) in [6.45, 7) is -0.0683. The van der Waals surface area contributed by atoms with Gasteiger partial charge in [-0.15, -0.1) is 0 Å². The third kappa shape index (κ3) is 6.50. The van der Waals surface area contributed by atoms with Gasteiger partial charge in [0.25, 0.3) is 5.91 Å². The molecule has 0 bridgehead atoms. The van der Waals surface area contributed by atoms with Crippen LogP contribution in [-0.2, 0) is 9.59 Å². The number of amides is 2. The number of carbonyl (C=O) groups excluding carboxylic acids is 2. The van der Waals surface area contributed by atoms with Crippen molar-refractivity contribution in [3.05, 3.63) is 24.3 Å². The van der Waals surface area contributed by atoms with Crippen molar-refractivity contribution in [3.8, 4) is 5.75 Å². The highest BCUT2D eigenvalue weighted by Gasteiger charge is 2.13. The fourth-order valence-corrected chi connectivity index (χ4v) is 1.99. The zero-order valence-corrected chi connectivity index (χ0v) is 13.0. The zero-order valence-electron chi connectivity index (χ0n) is 12.2. The third-order valence-corrected chi connectivity index (χ3v) is 3.36. The second-order valence-electron chi connectivity index (χ2n) is 4.37. The summed E-state index contributed by atoms with van der Waals surface area (Å²) in [6.07, 6.45) is 2.59. The van der Waals surface area contributed by atoms with Gasteiger partial charge in [-0.1, -0.05) is 6.07 Å². The molecule has 1 rings (SSSR count). The van der Waals surface area contributed by atoms with Crippen molar-refractivity contribution in [1.29, 1.82) is 0 Å². The second-order valence-corrected chi connectivity index (χ2v) is 5.35. The van der Waals surface area contributed by atoms with Gasteiger partial charge in [0.1, 0.15) is 5.75 Å². The minimum absolute atomic E-state index is 0.0683. The number of thioether (sulfide) groups is 1. The van der Waals surface area contributed by atoms with Crippen LogP contribution in [0.25, 0.3) is 0 Å². The molecule has 0 aliphatic carbocycles. The predicted octanol–water partition coefficient (Wildman–Crippen LogP) is 0.830. The Morgan fingerprint density at radius 1 is 1.43 bits per heavy atom. The van der Waals surface area contributed by atoms with Crippen LogP contribution < -0.4 is 21.1 Å². The van der Waals surface area contributed by atoms with E-state index >= 15 is 0 Å². The Morgan fingerprint density at radius 2 is 2.19 bits per heavy atom. The first kappa shape index (κ1) is 17.3. The smallest absolute Gasteiger partial charge is 0.257 e. The average Bonchev–Trinajstić information content (AvgIpc) is 2.50. The van der Waals surface area contributed by atoms with E-state index in [1.54, 1.807) is 36.0 Å². The number of likely N-dealkylation sites (N-methyl/N-ethyl adjacent to an activating group) is 1. The lowest BCUT2D eigenvalue weighted by Crippen LogP contribution is -2.36. The van der Waals surface area contributed by atoms with Gasteiger partial charge in [-0.05, 0) is 30.6 Å². The van der Waals surface area contributed by atoms with Gasteiger partial charge in [-0.3, -0.25) is 9.59 Å². The minimum Gasteiger partial charge on any atom is -0.484 e. The van der Waals surface area contributed by atoms with Crippen molar-refractivity contribution in [1.82, 2.24) is 5.32 Å². The standard InChI is InChI=1S/C14H21N3O3S/c1-16-13(18)9-20-11-5-3-4-10(8-11)17-14(19)12(15)6-7-21-2/h3-5,8,12H,6-7,9,15H2,1-2H3,(H,16,18)(H,17,19)/t12-/m0/s1. The van der Waals surface area contributed by atoms with Gasteiger partial charge >= 0.3 is 0 Å². The average molecular weight is 311 g/mol. The summed E-state index contributed by atoms with van der Waals surface area (Å²) >= 11 is 1.65. The summed E-state index contributed by atoms with van der Waals surface area (Å²) in [4.78, 5) is 23.0. The summed E-state index contributed by atoms with van der Waals surface area (Å²) in [5.41, 5.74) is 6.39. The molecular weight excluding hydrogens is 290 g/mol. The van der Waals surface area contributed by atoms with Gasteiger partial charge in [-0.2, -0.15) is 11.8 Å². The van der Waals surface area contributed by atoms with Crippen LogP contribution in [0.4, 0.5) is 5.69 Å². The highest BCUT2D eigenvalue weighted by atomic mass is 32.2. The number of nitrogens with two attached hydrogens (primary N) is 1. The Hall–Kier alpha value is -1.73. The van der Waals surface area contributed by atoms with Crippen molar-refractivity contribution < 1.29 is 14.3 Å². The number of carbonyl (C=O) groups is 2. The van der Waals surface area contributed by atoms with E-state index in [4.69, 9.17) is 10.5 Å². The monoisotopic (exact) mass is 311 g/mol. The summed E-state index contributed by atoms with van der Waals surface area (Å²) in [5, 5.41) is 5.20. The molecule has 1 atom stereocenters. The normalized spacial score (nSPS) is 11.6. The quantitative estimate of drug-likeness (QED) is 0.661. The molecule has 0 fully saturated rings. The molecule has 116 valence electrons. The minimum atomic E-state index is -0.534. The van der Waals surface area contributed by atoms with Gasteiger partial charge in [-0.25, -0.2) is 0 Å². The second kappa shape index (κ2) is 9.25. The molecule has 0 saturated heterocycles. The van der Waals surface area contributed by atoms with Crippen LogP contribution in [0.2, 0.25) is 0 Å². The Balaban J connectivity index is 2.55. The number of ether oxygens (including phenoxy) is 1. The van der Waals surface area contributed by atoms with Crippen LogP contribution in [-0.4, -0.2) is 43.5 Å². The van der Waals surface area contributed by atoms with Crippen molar-refractivity contribution in [2.75, 3.05) is 31.0 Å². The summed E-state index contributed by atoms with van der Waals surface area (Å²) in [5.74, 6) is 0.897. The van der Waals surface area contributed by atoms with Crippen LogP contribution in [0.3, 0.4) is 0 Å². The molecular formula is C14H21N3O3S. The molecule has 1 aromatic rings. The third-order valence-electron chi connectivity index (χ3n) is 2.72.